The molecule has 1 saturated carbocycles. The van der Waals surface area contributed by atoms with Crippen molar-refractivity contribution in [3.05, 3.63) is 47.1 Å². The van der Waals surface area contributed by atoms with Crippen molar-refractivity contribution in [2.75, 3.05) is 0 Å². The van der Waals surface area contributed by atoms with Gasteiger partial charge in [0.2, 0.25) is 5.89 Å². The Hall–Kier alpha value is -1.68. The molecule has 1 unspecified atom stereocenters. The summed E-state index contributed by atoms with van der Waals surface area (Å²) >= 11 is 0. The molecule has 3 rings (SSSR count). The van der Waals surface area contributed by atoms with Gasteiger partial charge in [-0.05, 0) is 31.2 Å². The lowest BCUT2D eigenvalue weighted by Crippen LogP contribution is -2.23. The van der Waals surface area contributed by atoms with Crippen LogP contribution in [0.1, 0.15) is 61.0 Å². The molecule has 0 amide bonds. The molecule has 0 saturated heterocycles. The second kappa shape index (κ2) is 6.39. The summed E-state index contributed by atoms with van der Waals surface area (Å²) in [5, 5.41) is 4.08. The van der Waals surface area contributed by atoms with E-state index in [0.717, 1.165) is 5.82 Å². The zero-order chi connectivity index (χ0) is 14.7. The van der Waals surface area contributed by atoms with E-state index in [0.29, 0.717) is 18.2 Å². The zero-order valence-corrected chi connectivity index (χ0v) is 12.6. The van der Waals surface area contributed by atoms with E-state index in [4.69, 9.17) is 10.3 Å². The molecule has 4 nitrogen and oxygen atoms in total. The van der Waals surface area contributed by atoms with Gasteiger partial charge < -0.3 is 10.3 Å². The van der Waals surface area contributed by atoms with E-state index in [2.05, 4.69) is 41.3 Å². The van der Waals surface area contributed by atoms with Gasteiger partial charge in [-0.3, -0.25) is 0 Å². The fourth-order valence-electron chi connectivity index (χ4n) is 3.06. The van der Waals surface area contributed by atoms with Gasteiger partial charge in [-0.15, -0.1) is 0 Å². The average Bonchev–Trinajstić information content (AvgIpc) is 2.98. The van der Waals surface area contributed by atoms with Gasteiger partial charge in [0.25, 0.3) is 0 Å². The fourth-order valence-corrected chi connectivity index (χ4v) is 3.06. The molecule has 1 heterocycles. The Morgan fingerprint density at radius 1 is 1.19 bits per heavy atom. The first-order valence-electron chi connectivity index (χ1n) is 7.86. The van der Waals surface area contributed by atoms with Crippen molar-refractivity contribution in [2.45, 2.75) is 51.5 Å². The summed E-state index contributed by atoms with van der Waals surface area (Å²) in [6, 6.07) is 8.30. The molecule has 0 bridgehead atoms. The van der Waals surface area contributed by atoms with Gasteiger partial charge in [0, 0.05) is 6.42 Å². The normalized spacial score (nSPS) is 17.8. The van der Waals surface area contributed by atoms with Crippen LogP contribution in [-0.2, 0) is 6.42 Å². The molecule has 1 atom stereocenters. The van der Waals surface area contributed by atoms with Gasteiger partial charge in [-0.25, -0.2) is 0 Å². The van der Waals surface area contributed by atoms with Crippen molar-refractivity contribution < 1.29 is 4.52 Å². The lowest BCUT2D eigenvalue weighted by Gasteiger charge is -2.24. The lowest BCUT2D eigenvalue weighted by molar-refractivity contribution is 0.255. The number of hydrogen-bond donors (Lipinski definition) is 1. The Bertz CT molecular complexity index is 570. The number of benzene rings is 1. The highest BCUT2D eigenvalue weighted by Crippen LogP contribution is 2.32. The van der Waals surface area contributed by atoms with Gasteiger partial charge in [-0.1, -0.05) is 54.2 Å². The Labute approximate surface area is 125 Å². The first-order chi connectivity index (χ1) is 10.2. The highest BCUT2D eigenvalue weighted by molar-refractivity contribution is 5.23. The maximum absolute atomic E-state index is 6.30. The van der Waals surface area contributed by atoms with E-state index >= 15 is 0 Å². The fraction of sp³-hybridized carbons (Fsp3) is 0.529. The third-order valence-corrected chi connectivity index (χ3v) is 4.41. The number of hydrogen-bond acceptors (Lipinski definition) is 4. The van der Waals surface area contributed by atoms with Crippen LogP contribution in [0.15, 0.2) is 28.8 Å². The van der Waals surface area contributed by atoms with Crippen LogP contribution < -0.4 is 5.73 Å². The van der Waals surface area contributed by atoms with E-state index in [1.54, 1.807) is 0 Å². The van der Waals surface area contributed by atoms with Crippen LogP contribution in [0, 0.1) is 12.8 Å². The number of aromatic nitrogens is 2. The molecular weight excluding hydrogens is 262 g/mol. The molecular formula is C17H23N3O. The second-order valence-corrected chi connectivity index (χ2v) is 6.14. The third kappa shape index (κ3) is 3.50. The van der Waals surface area contributed by atoms with Crippen LogP contribution in [0.25, 0.3) is 0 Å². The summed E-state index contributed by atoms with van der Waals surface area (Å²) in [7, 11) is 0. The minimum Gasteiger partial charge on any atom is -0.338 e. The van der Waals surface area contributed by atoms with Crippen LogP contribution in [0.2, 0.25) is 0 Å². The van der Waals surface area contributed by atoms with Gasteiger partial charge >= 0.3 is 0 Å². The smallest absolute Gasteiger partial charge is 0.243 e. The zero-order valence-electron chi connectivity index (χ0n) is 12.6. The average molecular weight is 285 g/mol. The first kappa shape index (κ1) is 14.3. The maximum atomic E-state index is 6.30. The predicted octanol–water partition coefficient (Wildman–Crippen LogP) is 3.55. The minimum atomic E-state index is -0.107. The number of aryl methyl sites for hydroxylation is 1. The molecule has 1 aromatic heterocycles. The van der Waals surface area contributed by atoms with Crippen LogP contribution in [0.5, 0.6) is 0 Å². The van der Waals surface area contributed by atoms with E-state index < -0.39 is 0 Å². The van der Waals surface area contributed by atoms with E-state index in [-0.39, 0.29) is 6.04 Å². The summed E-state index contributed by atoms with van der Waals surface area (Å²) in [4.78, 5) is 4.50. The van der Waals surface area contributed by atoms with E-state index in [1.807, 2.05) is 0 Å². The van der Waals surface area contributed by atoms with Crippen LogP contribution >= 0.6 is 0 Å². The molecule has 4 heteroatoms. The summed E-state index contributed by atoms with van der Waals surface area (Å²) in [6.07, 6.45) is 6.91. The highest BCUT2D eigenvalue weighted by atomic mass is 16.5. The Morgan fingerprint density at radius 2 is 1.90 bits per heavy atom. The van der Waals surface area contributed by atoms with Gasteiger partial charge in [0.05, 0.1) is 6.04 Å². The molecule has 1 fully saturated rings. The largest absolute Gasteiger partial charge is 0.338 e. The number of rotatable bonds is 4. The molecule has 0 radical (unpaired) electrons. The number of nitrogens with two attached hydrogens (primary N) is 1. The Kier molecular flexibility index (Phi) is 4.34. The van der Waals surface area contributed by atoms with Crippen molar-refractivity contribution in [2.24, 2.45) is 11.7 Å². The maximum Gasteiger partial charge on any atom is 0.243 e. The summed E-state index contributed by atoms with van der Waals surface area (Å²) in [5.74, 6) is 1.82. The van der Waals surface area contributed by atoms with Crippen molar-refractivity contribution in [3.8, 4) is 0 Å². The third-order valence-electron chi connectivity index (χ3n) is 4.41. The van der Waals surface area contributed by atoms with Crippen LogP contribution in [0.3, 0.4) is 0 Å². The van der Waals surface area contributed by atoms with Crippen molar-refractivity contribution in [3.63, 3.8) is 0 Å². The molecule has 0 aliphatic heterocycles. The van der Waals surface area contributed by atoms with Crippen LogP contribution in [-0.4, -0.2) is 10.1 Å². The van der Waals surface area contributed by atoms with Crippen molar-refractivity contribution in [1.29, 1.82) is 0 Å². The van der Waals surface area contributed by atoms with Gasteiger partial charge in [-0.2, -0.15) is 4.98 Å². The molecule has 1 aliphatic carbocycles. The van der Waals surface area contributed by atoms with Gasteiger partial charge in [0.15, 0.2) is 5.82 Å². The second-order valence-electron chi connectivity index (χ2n) is 6.14. The molecule has 2 N–H and O–H groups in total. The number of nitrogens with zero attached hydrogens (tertiary/aromatic N) is 2. The molecule has 1 aliphatic rings. The molecule has 112 valence electrons. The van der Waals surface area contributed by atoms with Crippen LogP contribution in [0.4, 0.5) is 0 Å². The Morgan fingerprint density at radius 3 is 2.62 bits per heavy atom. The summed E-state index contributed by atoms with van der Waals surface area (Å²) in [5.41, 5.74) is 8.75. The molecule has 21 heavy (non-hydrogen) atoms. The predicted molar refractivity (Wildman–Crippen MR) is 81.8 cm³/mol. The molecule has 2 aromatic rings. The van der Waals surface area contributed by atoms with Gasteiger partial charge in [0.1, 0.15) is 0 Å². The molecule has 1 aromatic carbocycles. The highest BCUT2D eigenvalue weighted by Gasteiger charge is 2.26. The summed E-state index contributed by atoms with van der Waals surface area (Å²) < 4.78 is 5.39. The molecule has 0 spiro atoms. The SMILES string of the molecule is Cc1ccc(Cc2noc(C(N)C3CCCCC3)n2)cc1. The monoisotopic (exact) mass is 285 g/mol. The minimum absolute atomic E-state index is 0.107. The quantitative estimate of drug-likeness (QED) is 0.933. The first-order valence-corrected chi connectivity index (χ1v) is 7.86. The van der Waals surface area contributed by atoms with E-state index in [9.17, 15) is 0 Å². The van der Waals surface area contributed by atoms with Crippen molar-refractivity contribution in [1.82, 2.24) is 10.1 Å². The lowest BCUT2D eigenvalue weighted by atomic mass is 9.84. The van der Waals surface area contributed by atoms with E-state index in [1.165, 1.54) is 43.2 Å². The standard InChI is InChI=1S/C17H23N3O/c1-12-7-9-13(10-8-12)11-15-19-17(21-20-15)16(18)14-5-3-2-4-6-14/h7-10,14,16H,2-6,11,18H2,1H3. The van der Waals surface area contributed by atoms with Crippen molar-refractivity contribution >= 4 is 0 Å². The Balaban J connectivity index is 1.66. The topological polar surface area (TPSA) is 64.9 Å². The summed E-state index contributed by atoms with van der Waals surface area (Å²) in [6.45, 7) is 2.08.